The Kier molecular flexibility index (Phi) is 8.03. The molecule has 1 spiro atoms. The number of hydrogen-bond donors (Lipinski definition) is 1. The SMILES string of the molecule is CO[C@H]1C[C@H]2C=C[C@@H]3[C@H]4[C@H](O)C(C)C(n5ccnc5)[C@@H]3O[C@]42/C(C)=C/[C@@H](C)[C@@H]([C@@H](C)O[Si](C)(C)C(C)(C)C)OC1=O. The van der Waals surface area contributed by atoms with Gasteiger partial charge < -0.3 is 28.3 Å². The van der Waals surface area contributed by atoms with Crippen molar-refractivity contribution in [3.63, 3.8) is 0 Å². The molecule has 41 heavy (non-hydrogen) atoms. The number of esters is 1. The lowest BCUT2D eigenvalue weighted by Crippen LogP contribution is -2.56. The standard InChI is InChI=1S/C32H50N2O6Si/c1-18-15-19(2)32-22(16-24(37-8)30(36)38-28(18)21(4)40-41(9,10)31(5,6)7)11-12-23-25(32)27(35)20(3)26(29(23)39-32)34-14-13-33-17-34/h11-15,17-18,20-29,35H,16H2,1-10H3/b19-15+/t18-,20?,21-,22-,23-,24+,25+,26?,27-,28+,29-,32+/m1/s1. The van der Waals surface area contributed by atoms with Crippen molar-refractivity contribution in [2.24, 2.45) is 29.6 Å². The Labute approximate surface area is 246 Å². The fourth-order valence-corrected chi connectivity index (χ4v) is 9.34. The van der Waals surface area contributed by atoms with Crippen LogP contribution in [0.3, 0.4) is 0 Å². The first-order chi connectivity index (χ1) is 19.1. The third kappa shape index (κ3) is 4.89. The zero-order valence-corrected chi connectivity index (χ0v) is 27.4. The Bertz CT molecular complexity index is 1180. The van der Waals surface area contributed by atoms with Gasteiger partial charge in [0.25, 0.3) is 0 Å². The fraction of sp³-hybridized carbons (Fsp3) is 0.750. The van der Waals surface area contributed by atoms with Gasteiger partial charge in [-0.2, -0.15) is 0 Å². The van der Waals surface area contributed by atoms with E-state index in [4.69, 9.17) is 18.6 Å². The van der Waals surface area contributed by atoms with Gasteiger partial charge in [-0.25, -0.2) is 9.78 Å². The fourth-order valence-electron chi connectivity index (χ4n) is 7.93. The maximum absolute atomic E-state index is 13.7. The van der Waals surface area contributed by atoms with E-state index in [1.165, 1.54) is 0 Å². The summed E-state index contributed by atoms with van der Waals surface area (Å²) in [6.07, 6.45) is 10.3. The highest BCUT2D eigenvalue weighted by Crippen LogP contribution is 2.62. The Morgan fingerprint density at radius 3 is 2.56 bits per heavy atom. The second kappa shape index (κ2) is 10.7. The van der Waals surface area contributed by atoms with Gasteiger partial charge in [0, 0.05) is 49.1 Å². The van der Waals surface area contributed by atoms with Crippen LogP contribution in [0, 0.1) is 29.6 Å². The van der Waals surface area contributed by atoms with Crippen LogP contribution in [0.15, 0.2) is 42.5 Å². The van der Waals surface area contributed by atoms with Gasteiger partial charge in [-0.15, -0.1) is 0 Å². The van der Waals surface area contributed by atoms with E-state index in [1.54, 1.807) is 13.3 Å². The molecule has 3 heterocycles. The van der Waals surface area contributed by atoms with Crippen molar-refractivity contribution in [1.29, 1.82) is 0 Å². The van der Waals surface area contributed by atoms with Gasteiger partial charge >= 0.3 is 5.97 Å². The summed E-state index contributed by atoms with van der Waals surface area (Å²) in [6, 6.07) is -0.0499. The van der Waals surface area contributed by atoms with Crippen molar-refractivity contribution in [3.05, 3.63) is 42.5 Å². The summed E-state index contributed by atoms with van der Waals surface area (Å²) in [5.74, 6) is -0.784. The summed E-state index contributed by atoms with van der Waals surface area (Å²) in [7, 11) is -0.561. The van der Waals surface area contributed by atoms with Gasteiger partial charge in [0.05, 0.1) is 30.7 Å². The van der Waals surface area contributed by atoms with Crippen LogP contribution in [-0.4, -0.2) is 72.2 Å². The van der Waals surface area contributed by atoms with Gasteiger partial charge in [0.1, 0.15) is 11.7 Å². The van der Waals surface area contributed by atoms with Gasteiger partial charge in [0.15, 0.2) is 14.4 Å². The molecule has 1 aromatic heterocycles. The number of methoxy groups -OCH3 is 1. The number of carbonyl (C=O) groups excluding carboxylic acids is 1. The smallest absolute Gasteiger partial charge is 0.335 e. The molecule has 4 bridgehead atoms. The van der Waals surface area contributed by atoms with Crippen LogP contribution in [0.4, 0.5) is 0 Å². The van der Waals surface area contributed by atoms with E-state index in [2.05, 4.69) is 82.4 Å². The maximum atomic E-state index is 13.7. The Balaban J connectivity index is 1.58. The Morgan fingerprint density at radius 1 is 1.24 bits per heavy atom. The van der Waals surface area contributed by atoms with E-state index in [0.717, 1.165) is 5.57 Å². The summed E-state index contributed by atoms with van der Waals surface area (Å²) in [5, 5.41) is 12.0. The van der Waals surface area contributed by atoms with E-state index in [1.807, 2.05) is 19.4 Å². The zero-order chi connectivity index (χ0) is 30.1. The lowest BCUT2D eigenvalue weighted by atomic mass is 9.57. The third-order valence-corrected chi connectivity index (χ3v) is 15.6. The van der Waals surface area contributed by atoms with Crippen LogP contribution < -0.4 is 0 Å². The number of aliphatic hydroxyl groups excluding tert-OH is 1. The highest BCUT2D eigenvalue weighted by Gasteiger charge is 2.68. The summed E-state index contributed by atoms with van der Waals surface area (Å²) in [5.41, 5.74) is 0.316. The minimum Gasteiger partial charge on any atom is -0.457 e. The largest absolute Gasteiger partial charge is 0.457 e. The molecule has 12 atom stereocenters. The molecule has 1 saturated heterocycles. The molecule has 1 N–H and O–H groups in total. The number of rotatable bonds is 5. The predicted octanol–water partition coefficient (Wildman–Crippen LogP) is 5.31. The number of hydrogen-bond acceptors (Lipinski definition) is 7. The van der Waals surface area contributed by atoms with Crippen LogP contribution in [0.1, 0.15) is 60.9 Å². The molecule has 5 rings (SSSR count). The normalized spacial score (nSPS) is 43.1. The summed E-state index contributed by atoms with van der Waals surface area (Å²) >= 11 is 0. The molecule has 8 nitrogen and oxygen atoms in total. The van der Waals surface area contributed by atoms with E-state index in [-0.39, 0.29) is 58.8 Å². The first-order valence-electron chi connectivity index (χ1n) is 15.3. The second-order valence-electron chi connectivity index (χ2n) is 14.5. The van der Waals surface area contributed by atoms with Gasteiger partial charge in [0.2, 0.25) is 0 Å². The number of nitrogens with zero attached hydrogens (tertiary/aromatic N) is 2. The molecule has 2 aliphatic carbocycles. The molecular formula is C32H50N2O6Si. The second-order valence-corrected chi connectivity index (χ2v) is 19.2. The third-order valence-electron chi connectivity index (χ3n) is 11.1. The first kappa shape index (κ1) is 30.7. The van der Waals surface area contributed by atoms with Crippen LogP contribution >= 0.6 is 0 Å². The summed E-state index contributed by atoms with van der Waals surface area (Å²) in [4.78, 5) is 18.0. The van der Waals surface area contributed by atoms with Crippen molar-refractivity contribution in [2.75, 3.05) is 7.11 Å². The predicted molar refractivity (Wildman–Crippen MR) is 160 cm³/mol. The highest BCUT2D eigenvalue weighted by atomic mass is 28.4. The summed E-state index contributed by atoms with van der Waals surface area (Å²) < 4.78 is 28.1. The highest BCUT2D eigenvalue weighted by molar-refractivity contribution is 6.74. The summed E-state index contributed by atoms with van der Waals surface area (Å²) in [6.45, 7) is 19.4. The average Bonchev–Trinajstić information content (AvgIpc) is 3.47. The average molecular weight is 587 g/mol. The number of aromatic nitrogens is 2. The molecule has 0 aromatic carbocycles. The first-order valence-corrected chi connectivity index (χ1v) is 18.2. The van der Waals surface area contributed by atoms with Gasteiger partial charge in [-0.05, 0) is 44.0 Å². The van der Waals surface area contributed by atoms with Crippen LogP contribution in [0.2, 0.25) is 18.1 Å². The van der Waals surface area contributed by atoms with Crippen molar-refractivity contribution >= 4 is 14.3 Å². The Hall–Kier alpha value is -1.78. The topological polar surface area (TPSA) is 92.0 Å². The van der Waals surface area contributed by atoms with Gasteiger partial charge in [-0.3, -0.25) is 0 Å². The lowest BCUT2D eigenvalue weighted by molar-refractivity contribution is -0.171. The van der Waals surface area contributed by atoms with Gasteiger partial charge in [-0.1, -0.05) is 52.8 Å². The van der Waals surface area contributed by atoms with Crippen molar-refractivity contribution < 1.29 is 28.5 Å². The number of ether oxygens (including phenoxy) is 3. The maximum Gasteiger partial charge on any atom is 0.335 e. The van der Waals surface area contributed by atoms with Crippen LogP contribution in [0.5, 0.6) is 0 Å². The number of cyclic esters (lactones) is 1. The zero-order valence-electron chi connectivity index (χ0n) is 26.4. The molecule has 9 heteroatoms. The van der Waals surface area contributed by atoms with E-state index >= 15 is 0 Å². The number of carbonyl (C=O) groups is 1. The molecule has 2 fully saturated rings. The molecule has 4 aliphatic rings. The van der Waals surface area contributed by atoms with E-state index in [0.29, 0.717) is 6.42 Å². The van der Waals surface area contributed by atoms with Crippen molar-refractivity contribution in [2.45, 2.75) is 115 Å². The molecule has 1 saturated carbocycles. The molecule has 0 radical (unpaired) electrons. The van der Waals surface area contributed by atoms with Crippen molar-refractivity contribution in [1.82, 2.24) is 9.55 Å². The minimum absolute atomic E-state index is 0.0225. The quantitative estimate of drug-likeness (QED) is 0.284. The molecule has 228 valence electrons. The molecule has 0 amide bonds. The number of imidazole rings is 1. The lowest BCUT2D eigenvalue weighted by Gasteiger charge is -2.49. The molecule has 1 aromatic rings. The molecule has 2 unspecified atom stereocenters. The van der Waals surface area contributed by atoms with E-state index in [9.17, 15) is 9.90 Å². The minimum atomic E-state index is -2.13. The number of aliphatic hydroxyl groups is 1. The van der Waals surface area contributed by atoms with Crippen LogP contribution in [0.25, 0.3) is 0 Å². The Morgan fingerprint density at radius 2 is 1.95 bits per heavy atom. The molecular weight excluding hydrogens is 536 g/mol. The monoisotopic (exact) mass is 586 g/mol. The van der Waals surface area contributed by atoms with E-state index < -0.39 is 32.2 Å². The van der Waals surface area contributed by atoms with Crippen molar-refractivity contribution in [3.8, 4) is 0 Å². The van der Waals surface area contributed by atoms with Crippen LogP contribution in [-0.2, 0) is 23.4 Å². The molecule has 2 aliphatic heterocycles.